The molecule has 4 aromatic carbocycles. The quantitative estimate of drug-likeness (QED) is 0.127. The number of methoxy groups -OCH3 is 2. The Balaban J connectivity index is 1.10. The first-order valence-electron chi connectivity index (χ1n) is 12.7. The maximum Gasteiger partial charge on any atom is 0.200 e. The summed E-state index contributed by atoms with van der Waals surface area (Å²) >= 11 is 0. The van der Waals surface area contributed by atoms with E-state index >= 15 is 0 Å². The summed E-state index contributed by atoms with van der Waals surface area (Å²) in [6, 6.07) is 27.3. The average Bonchev–Trinajstić information content (AvgIpc) is 3.01. The second-order valence-corrected chi connectivity index (χ2v) is 8.81. The molecule has 8 heteroatoms. The molecule has 0 fully saturated rings. The Morgan fingerprint density at radius 2 is 1.18 bits per heavy atom. The highest BCUT2D eigenvalue weighted by molar-refractivity contribution is 5.82. The topological polar surface area (TPSA) is 91.9 Å². The maximum atomic E-state index is 13.0. The SMILES string of the molecule is COc1ccc(N=Nc2ccc(OCCCOc3ccc4c(=O)c(-c5ccc(OC)cc5)coc4c3)cc2)cc1. The molecular formula is C32H28N2O6. The van der Waals surface area contributed by atoms with Gasteiger partial charge in [0.2, 0.25) is 0 Å². The number of hydrogen-bond donors (Lipinski definition) is 0. The van der Waals surface area contributed by atoms with Crippen LogP contribution in [0.25, 0.3) is 22.1 Å². The Labute approximate surface area is 231 Å². The minimum Gasteiger partial charge on any atom is -0.497 e. The van der Waals surface area contributed by atoms with Gasteiger partial charge in [0.15, 0.2) is 5.43 Å². The predicted octanol–water partition coefficient (Wildman–Crippen LogP) is 7.74. The second kappa shape index (κ2) is 12.6. The maximum absolute atomic E-state index is 13.0. The van der Waals surface area contributed by atoms with Crippen LogP contribution in [0, 0.1) is 0 Å². The van der Waals surface area contributed by atoms with Crippen molar-refractivity contribution < 1.29 is 23.4 Å². The van der Waals surface area contributed by atoms with Gasteiger partial charge < -0.3 is 23.4 Å². The Hall–Kier alpha value is -5.11. The Morgan fingerprint density at radius 3 is 1.77 bits per heavy atom. The van der Waals surface area contributed by atoms with Gasteiger partial charge in [-0.1, -0.05) is 12.1 Å². The van der Waals surface area contributed by atoms with Crippen LogP contribution in [0.3, 0.4) is 0 Å². The predicted molar refractivity (Wildman–Crippen MR) is 154 cm³/mol. The summed E-state index contributed by atoms with van der Waals surface area (Å²) in [4.78, 5) is 13.0. The molecule has 1 aromatic heterocycles. The van der Waals surface area contributed by atoms with E-state index in [0.29, 0.717) is 41.9 Å². The molecule has 8 nitrogen and oxygen atoms in total. The number of rotatable bonds is 11. The van der Waals surface area contributed by atoms with Crippen LogP contribution in [0.1, 0.15) is 6.42 Å². The van der Waals surface area contributed by atoms with Crippen LogP contribution in [-0.2, 0) is 0 Å². The van der Waals surface area contributed by atoms with Gasteiger partial charge in [0.05, 0.1) is 49.8 Å². The number of benzene rings is 4. The van der Waals surface area contributed by atoms with Crippen LogP contribution in [0.2, 0.25) is 0 Å². The first kappa shape index (κ1) is 26.5. The fraction of sp³-hybridized carbons (Fsp3) is 0.156. The minimum absolute atomic E-state index is 0.0976. The largest absolute Gasteiger partial charge is 0.497 e. The molecule has 5 rings (SSSR count). The van der Waals surface area contributed by atoms with Crippen LogP contribution in [0.15, 0.2) is 117 Å². The third-order valence-electron chi connectivity index (χ3n) is 6.16. The monoisotopic (exact) mass is 536 g/mol. The summed E-state index contributed by atoms with van der Waals surface area (Å²) in [5.41, 5.74) is 3.11. The molecule has 0 radical (unpaired) electrons. The van der Waals surface area contributed by atoms with Crippen molar-refractivity contribution in [3.63, 3.8) is 0 Å². The lowest BCUT2D eigenvalue weighted by atomic mass is 10.1. The smallest absolute Gasteiger partial charge is 0.200 e. The van der Waals surface area contributed by atoms with E-state index in [1.807, 2.05) is 72.8 Å². The fourth-order valence-corrected chi connectivity index (χ4v) is 3.98. The van der Waals surface area contributed by atoms with Crippen LogP contribution in [0.5, 0.6) is 23.0 Å². The fourth-order valence-electron chi connectivity index (χ4n) is 3.98. The molecule has 0 amide bonds. The Kier molecular flexibility index (Phi) is 8.36. The molecule has 0 N–H and O–H groups in total. The normalized spacial score (nSPS) is 11.1. The lowest BCUT2D eigenvalue weighted by Gasteiger charge is -2.09. The average molecular weight is 537 g/mol. The lowest BCUT2D eigenvalue weighted by Crippen LogP contribution is -2.06. The zero-order chi connectivity index (χ0) is 27.7. The van der Waals surface area contributed by atoms with Crippen molar-refractivity contribution in [1.82, 2.24) is 0 Å². The summed E-state index contributed by atoms with van der Waals surface area (Å²) in [6.07, 6.45) is 2.16. The molecule has 0 atom stereocenters. The number of ether oxygens (including phenoxy) is 4. The molecule has 0 aliphatic heterocycles. The van der Waals surface area contributed by atoms with E-state index in [2.05, 4.69) is 10.2 Å². The van der Waals surface area contributed by atoms with Gasteiger partial charge in [-0.2, -0.15) is 10.2 Å². The molecule has 0 bridgehead atoms. The van der Waals surface area contributed by atoms with Crippen molar-refractivity contribution in [2.24, 2.45) is 10.2 Å². The van der Waals surface area contributed by atoms with Gasteiger partial charge in [-0.25, -0.2) is 0 Å². The van der Waals surface area contributed by atoms with Crippen LogP contribution >= 0.6 is 0 Å². The third-order valence-corrected chi connectivity index (χ3v) is 6.16. The summed E-state index contributed by atoms with van der Waals surface area (Å²) in [7, 11) is 3.23. The minimum atomic E-state index is -0.0976. The molecule has 0 saturated carbocycles. The van der Waals surface area contributed by atoms with Crippen molar-refractivity contribution in [3.8, 4) is 34.1 Å². The summed E-state index contributed by atoms with van der Waals surface area (Å²) in [5, 5.41) is 8.97. The van der Waals surface area contributed by atoms with Gasteiger partial charge in [-0.15, -0.1) is 0 Å². The zero-order valence-electron chi connectivity index (χ0n) is 22.2. The van der Waals surface area contributed by atoms with E-state index in [-0.39, 0.29) is 5.43 Å². The van der Waals surface area contributed by atoms with Crippen molar-refractivity contribution in [3.05, 3.63) is 107 Å². The number of hydrogen-bond acceptors (Lipinski definition) is 8. The van der Waals surface area contributed by atoms with Gasteiger partial charge in [0, 0.05) is 12.5 Å². The molecule has 202 valence electrons. The highest BCUT2D eigenvalue weighted by atomic mass is 16.5. The first-order chi connectivity index (χ1) is 19.6. The second-order valence-electron chi connectivity index (χ2n) is 8.81. The van der Waals surface area contributed by atoms with E-state index < -0.39 is 0 Å². The molecular weight excluding hydrogens is 508 g/mol. The third kappa shape index (κ3) is 6.47. The van der Waals surface area contributed by atoms with Gasteiger partial charge in [-0.05, 0) is 78.4 Å². The van der Waals surface area contributed by atoms with Gasteiger partial charge in [0.1, 0.15) is 34.8 Å². The van der Waals surface area contributed by atoms with Crippen LogP contribution < -0.4 is 24.4 Å². The van der Waals surface area contributed by atoms with Crippen molar-refractivity contribution in [1.29, 1.82) is 0 Å². The molecule has 0 aliphatic carbocycles. The van der Waals surface area contributed by atoms with Crippen LogP contribution in [-0.4, -0.2) is 27.4 Å². The van der Waals surface area contributed by atoms with E-state index in [9.17, 15) is 4.79 Å². The van der Waals surface area contributed by atoms with Crippen LogP contribution in [0.4, 0.5) is 11.4 Å². The first-order valence-corrected chi connectivity index (χ1v) is 12.7. The highest BCUT2D eigenvalue weighted by Gasteiger charge is 2.10. The lowest BCUT2D eigenvalue weighted by molar-refractivity contribution is 0.247. The van der Waals surface area contributed by atoms with Crippen molar-refractivity contribution in [2.75, 3.05) is 27.4 Å². The van der Waals surface area contributed by atoms with Gasteiger partial charge in [0.25, 0.3) is 0 Å². The standard InChI is InChI=1S/C32H28N2O6/c1-36-25-10-4-22(5-11-25)30-21-40-31-20-28(16-17-29(31)32(30)35)39-19-3-18-38-27-14-8-24(9-15-27)34-33-23-6-12-26(37-2)13-7-23/h4-17,20-21H,3,18-19H2,1-2H3. The Morgan fingerprint density at radius 1 is 0.650 bits per heavy atom. The molecule has 40 heavy (non-hydrogen) atoms. The van der Waals surface area contributed by atoms with Crippen molar-refractivity contribution in [2.45, 2.75) is 6.42 Å². The molecule has 0 saturated heterocycles. The van der Waals surface area contributed by atoms with Gasteiger partial charge in [-0.3, -0.25) is 4.79 Å². The van der Waals surface area contributed by atoms with Gasteiger partial charge >= 0.3 is 0 Å². The highest BCUT2D eigenvalue weighted by Crippen LogP contribution is 2.25. The molecule has 0 spiro atoms. The zero-order valence-corrected chi connectivity index (χ0v) is 22.2. The summed E-state index contributed by atoms with van der Waals surface area (Å²) < 4.78 is 27.8. The van der Waals surface area contributed by atoms with E-state index in [4.69, 9.17) is 23.4 Å². The molecule has 0 unspecified atom stereocenters. The van der Waals surface area contributed by atoms with E-state index in [1.165, 1.54) is 6.26 Å². The molecule has 5 aromatic rings. The number of fused-ring (bicyclic) bond motifs is 1. The summed E-state index contributed by atoms with van der Waals surface area (Å²) in [5.74, 6) is 2.86. The van der Waals surface area contributed by atoms with E-state index in [0.717, 1.165) is 34.2 Å². The number of azo groups is 1. The number of nitrogens with zero attached hydrogens (tertiary/aromatic N) is 2. The summed E-state index contributed by atoms with van der Waals surface area (Å²) in [6.45, 7) is 0.939. The molecule has 0 aliphatic rings. The molecule has 1 heterocycles. The van der Waals surface area contributed by atoms with Crippen molar-refractivity contribution >= 4 is 22.3 Å². The van der Waals surface area contributed by atoms with E-state index in [1.54, 1.807) is 32.4 Å². The Bertz CT molecular complexity index is 1640.